The van der Waals surface area contributed by atoms with Gasteiger partial charge in [-0.05, 0) is 19.1 Å². The van der Waals surface area contributed by atoms with Gasteiger partial charge in [-0.15, -0.1) is 0 Å². The van der Waals surface area contributed by atoms with Gasteiger partial charge in [0.05, 0.1) is 6.04 Å². The molecule has 1 unspecified atom stereocenters. The fraction of sp³-hybridized carbons (Fsp3) is 0.200. The van der Waals surface area contributed by atoms with Crippen LogP contribution in [0, 0.1) is 11.3 Å². The van der Waals surface area contributed by atoms with Crippen molar-refractivity contribution in [2.45, 2.75) is 13.0 Å². The summed E-state index contributed by atoms with van der Waals surface area (Å²) >= 11 is 0. The maximum absolute atomic E-state index is 8.71. The quantitative estimate of drug-likeness (QED) is 0.802. The molecule has 0 aliphatic heterocycles. The van der Waals surface area contributed by atoms with Gasteiger partial charge in [-0.1, -0.05) is 6.07 Å². The molecule has 6 heteroatoms. The summed E-state index contributed by atoms with van der Waals surface area (Å²) in [6, 6.07) is 7.19. The molecule has 0 saturated carbocycles. The molecule has 0 fully saturated rings. The van der Waals surface area contributed by atoms with Gasteiger partial charge >= 0.3 is 0 Å². The van der Waals surface area contributed by atoms with Crippen molar-refractivity contribution in [2.75, 3.05) is 5.32 Å². The SMILES string of the molecule is CC(Nc1cccc(C#N)n1)c1ncn[nH]1. The van der Waals surface area contributed by atoms with Crippen LogP contribution in [0.1, 0.15) is 24.5 Å². The van der Waals surface area contributed by atoms with Gasteiger partial charge < -0.3 is 5.32 Å². The van der Waals surface area contributed by atoms with E-state index in [-0.39, 0.29) is 6.04 Å². The van der Waals surface area contributed by atoms with E-state index in [1.54, 1.807) is 18.2 Å². The lowest BCUT2D eigenvalue weighted by molar-refractivity contribution is 0.790. The van der Waals surface area contributed by atoms with E-state index >= 15 is 0 Å². The molecule has 0 amide bonds. The predicted octanol–water partition coefficient (Wildman–Crippen LogP) is 1.24. The van der Waals surface area contributed by atoms with Crippen molar-refractivity contribution >= 4 is 5.82 Å². The number of nitrogens with one attached hydrogen (secondary N) is 2. The highest BCUT2D eigenvalue weighted by atomic mass is 15.2. The Kier molecular flexibility index (Phi) is 2.78. The van der Waals surface area contributed by atoms with Crippen molar-refractivity contribution in [3.63, 3.8) is 0 Å². The van der Waals surface area contributed by atoms with Crippen LogP contribution in [-0.2, 0) is 0 Å². The van der Waals surface area contributed by atoms with E-state index in [2.05, 4.69) is 25.5 Å². The third-order valence-electron chi connectivity index (χ3n) is 2.07. The molecule has 2 aromatic heterocycles. The van der Waals surface area contributed by atoms with Gasteiger partial charge in [0.15, 0.2) is 0 Å². The first-order valence-corrected chi connectivity index (χ1v) is 4.78. The fourth-order valence-corrected chi connectivity index (χ4v) is 1.29. The highest BCUT2D eigenvalue weighted by Crippen LogP contribution is 2.13. The summed E-state index contributed by atoms with van der Waals surface area (Å²) in [5, 5.41) is 18.4. The lowest BCUT2D eigenvalue weighted by Crippen LogP contribution is -2.09. The minimum atomic E-state index is -0.0380. The molecule has 0 aliphatic rings. The van der Waals surface area contributed by atoms with Crippen LogP contribution < -0.4 is 5.32 Å². The molecule has 2 rings (SSSR count). The Morgan fingerprint density at radius 3 is 3.06 bits per heavy atom. The van der Waals surface area contributed by atoms with Crippen molar-refractivity contribution in [3.05, 3.63) is 36.0 Å². The summed E-state index contributed by atoms with van der Waals surface area (Å²) in [7, 11) is 0. The van der Waals surface area contributed by atoms with Crippen molar-refractivity contribution in [2.24, 2.45) is 0 Å². The van der Waals surface area contributed by atoms with Crippen LogP contribution in [-0.4, -0.2) is 20.2 Å². The molecule has 2 aromatic rings. The molecule has 16 heavy (non-hydrogen) atoms. The molecule has 0 aliphatic carbocycles. The molecule has 80 valence electrons. The standard InChI is InChI=1S/C10H10N6/c1-7(10-12-6-13-16-10)14-9-4-2-3-8(5-11)15-9/h2-4,6-7H,1H3,(H,14,15)(H,12,13,16). The molecule has 2 N–H and O–H groups in total. The van der Waals surface area contributed by atoms with Crippen molar-refractivity contribution in [3.8, 4) is 6.07 Å². The normalized spacial score (nSPS) is 11.8. The minimum Gasteiger partial charge on any atom is -0.360 e. The summed E-state index contributed by atoms with van der Waals surface area (Å²) in [5.41, 5.74) is 0.384. The van der Waals surface area contributed by atoms with Crippen molar-refractivity contribution in [1.82, 2.24) is 20.2 Å². The van der Waals surface area contributed by atoms with E-state index in [1.165, 1.54) is 6.33 Å². The van der Waals surface area contributed by atoms with Crippen LogP contribution in [0.4, 0.5) is 5.82 Å². The van der Waals surface area contributed by atoms with Crippen LogP contribution in [0.15, 0.2) is 24.5 Å². The number of nitriles is 1. The first kappa shape index (κ1) is 10.1. The number of hydrogen-bond donors (Lipinski definition) is 2. The zero-order valence-corrected chi connectivity index (χ0v) is 8.68. The second-order valence-electron chi connectivity index (χ2n) is 3.26. The third kappa shape index (κ3) is 2.15. The van der Waals surface area contributed by atoms with Crippen LogP contribution in [0.5, 0.6) is 0 Å². The van der Waals surface area contributed by atoms with E-state index < -0.39 is 0 Å². The first-order chi connectivity index (χ1) is 7.79. The highest BCUT2D eigenvalue weighted by Gasteiger charge is 2.08. The van der Waals surface area contributed by atoms with Crippen LogP contribution in [0.3, 0.4) is 0 Å². The summed E-state index contributed by atoms with van der Waals surface area (Å²) < 4.78 is 0. The zero-order valence-electron chi connectivity index (χ0n) is 8.68. The summed E-state index contributed by atoms with van der Waals surface area (Å²) in [5.74, 6) is 1.37. The van der Waals surface area contributed by atoms with Crippen LogP contribution in [0.2, 0.25) is 0 Å². The second-order valence-corrected chi connectivity index (χ2v) is 3.26. The average Bonchev–Trinajstić information content (AvgIpc) is 2.83. The third-order valence-corrected chi connectivity index (χ3v) is 2.07. The Labute approximate surface area is 92.4 Å². The molecular formula is C10H10N6. The molecule has 0 aromatic carbocycles. The smallest absolute Gasteiger partial charge is 0.146 e. The van der Waals surface area contributed by atoms with Crippen LogP contribution in [0.25, 0.3) is 0 Å². The number of hydrogen-bond acceptors (Lipinski definition) is 5. The maximum atomic E-state index is 8.71. The molecule has 2 heterocycles. The van der Waals surface area contributed by atoms with Crippen molar-refractivity contribution < 1.29 is 0 Å². The molecule has 0 bridgehead atoms. The van der Waals surface area contributed by atoms with Gasteiger partial charge in [-0.2, -0.15) is 10.4 Å². The molecule has 6 nitrogen and oxygen atoms in total. The van der Waals surface area contributed by atoms with E-state index in [9.17, 15) is 0 Å². The van der Waals surface area contributed by atoms with E-state index in [0.29, 0.717) is 11.5 Å². The average molecular weight is 214 g/mol. The van der Waals surface area contributed by atoms with Gasteiger partial charge in [0.2, 0.25) is 0 Å². The predicted molar refractivity (Wildman–Crippen MR) is 57.4 cm³/mol. The molecule has 0 spiro atoms. The second kappa shape index (κ2) is 4.40. The summed E-state index contributed by atoms with van der Waals surface area (Å²) in [4.78, 5) is 8.14. The maximum Gasteiger partial charge on any atom is 0.146 e. The van der Waals surface area contributed by atoms with Gasteiger partial charge in [-0.3, -0.25) is 5.10 Å². The number of anilines is 1. The topological polar surface area (TPSA) is 90.3 Å². The Hall–Kier alpha value is -2.42. The number of aromatic nitrogens is 4. The van der Waals surface area contributed by atoms with Crippen LogP contribution >= 0.6 is 0 Å². The largest absolute Gasteiger partial charge is 0.360 e. The van der Waals surface area contributed by atoms with Gasteiger partial charge in [0.25, 0.3) is 0 Å². The number of H-pyrrole nitrogens is 1. The Morgan fingerprint density at radius 1 is 1.50 bits per heavy atom. The number of aromatic amines is 1. The fourth-order valence-electron chi connectivity index (χ4n) is 1.29. The molecule has 1 atom stereocenters. The molecule has 0 saturated heterocycles. The molecule has 0 radical (unpaired) electrons. The zero-order chi connectivity index (χ0) is 11.4. The lowest BCUT2D eigenvalue weighted by Gasteiger charge is -2.11. The lowest BCUT2D eigenvalue weighted by atomic mass is 10.3. The van der Waals surface area contributed by atoms with E-state index in [0.717, 1.165) is 5.82 Å². The van der Waals surface area contributed by atoms with E-state index in [1.807, 2.05) is 13.0 Å². The van der Waals surface area contributed by atoms with Gasteiger partial charge in [0, 0.05) is 0 Å². The number of nitrogens with zero attached hydrogens (tertiary/aromatic N) is 4. The van der Waals surface area contributed by atoms with E-state index in [4.69, 9.17) is 5.26 Å². The first-order valence-electron chi connectivity index (χ1n) is 4.78. The number of pyridine rings is 1. The summed E-state index contributed by atoms with van der Waals surface area (Å²) in [6.45, 7) is 1.93. The Balaban J connectivity index is 2.12. The monoisotopic (exact) mass is 214 g/mol. The van der Waals surface area contributed by atoms with Gasteiger partial charge in [0.1, 0.15) is 29.7 Å². The Morgan fingerprint density at radius 2 is 2.38 bits per heavy atom. The summed E-state index contributed by atoms with van der Waals surface area (Å²) in [6.07, 6.45) is 1.45. The highest BCUT2D eigenvalue weighted by molar-refractivity contribution is 5.39. The molecular weight excluding hydrogens is 204 g/mol. The Bertz CT molecular complexity index is 498. The van der Waals surface area contributed by atoms with Gasteiger partial charge in [-0.25, -0.2) is 9.97 Å². The minimum absolute atomic E-state index is 0.0380. The number of rotatable bonds is 3. The van der Waals surface area contributed by atoms with Crippen molar-refractivity contribution in [1.29, 1.82) is 5.26 Å².